The molecule has 3 rings (SSSR count). The minimum absolute atomic E-state index is 0.215. The van der Waals surface area contributed by atoms with E-state index < -0.39 is 6.10 Å². The second-order valence-corrected chi connectivity index (χ2v) is 5.07. The first-order valence-corrected chi connectivity index (χ1v) is 6.44. The van der Waals surface area contributed by atoms with E-state index in [4.69, 9.17) is 16.3 Å². The molecule has 98 valence electrons. The first-order chi connectivity index (χ1) is 9.13. The monoisotopic (exact) mass is 276 g/mol. The number of phenols is 1. The Labute approximate surface area is 116 Å². The van der Waals surface area contributed by atoms with E-state index >= 15 is 0 Å². The molecule has 1 aliphatic heterocycles. The predicted molar refractivity (Wildman–Crippen MR) is 72.5 cm³/mol. The highest BCUT2D eigenvalue weighted by molar-refractivity contribution is 6.30. The first-order valence-electron chi connectivity index (χ1n) is 6.06. The number of aliphatic hydroxyl groups is 1. The van der Waals surface area contributed by atoms with Crippen LogP contribution in [0.3, 0.4) is 0 Å². The average Bonchev–Trinajstić information content (AvgIpc) is 2.40. The Morgan fingerprint density at radius 2 is 1.84 bits per heavy atom. The molecule has 0 spiro atoms. The van der Waals surface area contributed by atoms with Crippen LogP contribution < -0.4 is 4.74 Å². The molecule has 2 aromatic rings. The van der Waals surface area contributed by atoms with Crippen LogP contribution in [-0.4, -0.2) is 10.2 Å². The smallest absolute Gasteiger partial charge is 0.127 e. The van der Waals surface area contributed by atoms with Gasteiger partial charge in [0.05, 0.1) is 6.10 Å². The van der Waals surface area contributed by atoms with Gasteiger partial charge in [-0.05, 0) is 35.9 Å². The first kappa shape index (κ1) is 12.3. The maximum atomic E-state index is 10.2. The number of hydrogen-bond donors (Lipinski definition) is 2. The highest BCUT2D eigenvalue weighted by Crippen LogP contribution is 2.41. The standard InChI is InChI=1S/C15H13ClO3/c16-10-3-6-14-12(7-10)13(18)8-15(19-14)9-1-4-11(17)5-2-9/h1-7,13,15,17-18H,8H2/t13-,15?/m1/s1. The molecule has 0 aromatic heterocycles. The average molecular weight is 277 g/mol. The van der Waals surface area contributed by atoms with Gasteiger partial charge in [0.2, 0.25) is 0 Å². The Hall–Kier alpha value is -1.71. The van der Waals surface area contributed by atoms with E-state index in [9.17, 15) is 10.2 Å². The summed E-state index contributed by atoms with van der Waals surface area (Å²) in [5, 5.41) is 20.1. The minimum atomic E-state index is -0.596. The van der Waals surface area contributed by atoms with E-state index in [-0.39, 0.29) is 11.9 Å². The predicted octanol–water partition coefficient (Wildman–Crippen LogP) is 3.60. The summed E-state index contributed by atoms with van der Waals surface area (Å²) in [7, 11) is 0. The van der Waals surface area contributed by atoms with Crippen molar-refractivity contribution < 1.29 is 14.9 Å². The second-order valence-electron chi connectivity index (χ2n) is 4.63. The molecule has 0 bridgehead atoms. The number of fused-ring (bicyclic) bond motifs is 1. The van der Waals surface area contributed by atoms with E-state index in [0.717, 1.165) is 11.1 Å². The molecule has 0 saturated heterocycles. The summed E-state index contributed by atoms with van der Waals surface area (Å²) in [6.45, 7) is 0. The fourth-order valence-corrected chi connectivity index (χ4v) is 2.49. The zero-order chi connectivity index (χ0) is 13.4. The van der Waals surface area contributed by atoms with Crippen LogP contribution in [0.2, 0.25) is 5.02 Å². The highest BCUT2D eigenvalue weighted by Gasteiger charge is 2.28. The Kier molecular flexibility index (Phi) is 3.09. The van der Waals surface area contributed by atoms with Crippen LogP contribution >= 0.6 is 11.6 Å². The van der Waals surface area contributed by atoms with Crippen LogP contribution in [-0.2, 0) is 0 Å². The van der Waals surface area contributed by atoms with Gasteiger partial charge >= 0.3 is 0 Å². The third kappa shape index (κ3) is 2.39. The van der Waals surface area contributed by atoms with E-state index in [1.807, 2.05) is 0 Å². The van der Waals surface area contributed by atoms with Gasteiger partial charge in [-0.3, -0.25) is 0 Å². The molecule has 0 amide bonds. The SMILES string of the molecule is Oc1ccc(C2C[C@@H](O)c3cc(Cl)ccc3O2)cc1. The summed E-state index contributed by atoms with van der Waals surface area (Å²) >= 11 is 5.92. The molecule has 0 aliphatic carbocycles. The number of rotatable bonds is 1. The lowest BCUT2D eigenvalue weighted by Gasteiger charge is -2.30. The lowest BCUT2D eigenvalue weighted by atomic mass is 9.95. The fraction of sp³-hybridized carbons (Fsp3) is 0.200. The van der Waals surface area contributed by atoms with Crippen molar-refractivity contribution in [2.75, 3.05) is 0 Å². The van der Waals surface area contributed by atoms with E-state index in [2.05, 4.69) is 0 Å². The number of benzene rings is 2. The highest BCUT2D eigenvalue weighted by atomic mass is 35.5. The van der Waals surface area contributed by atoms with Gasteiger partial charge in [0.15, 0.2) is 0 Å². The molecule has 3 nitrogen and oxygen atoms in total. The third-order valence-corrected chi connectivity index (χ3v) is 3.54. The number of phenolic OH excluding ortho intramolecular Hbond substituents is 1. The molecule has 2 N–H and O–H groups in total. The molecule has 19 heavy (non-hydrogen) atoms. The van der Waals surface area contributed by atoms with Gasteiger partial charge in [-0.1, -0.05) is 23.7 Å². The maximum absolute atomic E-state index is 10.2. The molecule has 0 fully saturated rings. The van der Waals surface area contributed by atoms with Crippen LogP contribution in [0.25, 0.3) is 0 Å². The molecular formula is C15H13ClO3. The van der Waals surface area contributed by atoms with Gasteiger partial charge in [0, 0.05) is 17.0 Å². The lowest BCUT2D eigenvalue weighted by molar-refractivity contribution is 0.0657. The van der Waals surface area contributed by atoms with Crippen molar-refractivity contribution in [3.63, 3.8) is 0 Å². The van der Waals surface area contributed by atoms with Gasteiger partial charge in [0.1, 0.15) is 17.6 Å². The minimum Gasteiger partial charge on any atom is -0.508 e. The van der Waals surface area contributed by atoms with Crippen molar-refractivity contribution >= 4 is 11.6 Å². The summed E-state index contributed by atoms with van der Waals surface area (Å²) in [5.41, 5.74) is 1.65. The summed E-state index contributed by atoms with van der Waals surface area (Å²) in [5.74, 6) is 0.869. The molecule has 1 aliphatic rings. The largest absolute Gasteiger partial charge is 0.508 e. The molecule has 2 aromatic carbocycles. The van der Waals surface area contributed by atoms with Crippen LogP contribution in [0.5, 0.6) is 11.5 Å². The summed E-state index contributed by atoms with van der Waals surface area (Å²) in [6, 6.07) is 12.1. The van der Waals surface area contributed by atoms with E-state index in [1.165, 1.54) is 0 Å². The Bertz CT molecular complexity index is 595. The van der Waals surface area contributed by atoms with Crippen molar-refractivity contribution in [2.45, 2.75) is 18.6 Å². The zero-order valence-corrected chi connectivity index (χ0v) is 10.8. The molecular weight excluding hydrogens is 264 g/mol. The van der Waals surface area contributed by atoms with Crippen LogP contribution in [0.1, 0.15) is 29.8 Å². The quantitative estimate of drug-likeness (QED) is 0.837. The molecule has 1 unspecified atom stereocenters. The van der Waals surface area contributed by atoms with Gasteiger partial charge < -0.3 is 14.9 Å². The topological polar surface area (TPSA) is 49.7 Å². The molecule has 4 heteroatoms. The van der Waals surface area contributed by atoms with Crippen LogP contribution in [0.4, 0.5) is 0 Å². The van der Waals surface area contributed by atoms with Gasteiger partial charge in [-0.25, -0.2) is 0 Å². The molecule has 1 heterocycles. The van der Waals surface area contributed by atoms with Crippen molar-refractivity contribution in [1.29, 1.82) is 0 Å². The number of aliphatic hydroxyl groups excluding tert-OH is 1. The molecule has 2 atom stereocenters. The van der Waals surface area contributed by atoms with Crippen LogP contribution in [0.15, 0.2) is 42.5 Å². The number of halogens is 1. The third-order valence-electron chi connectivity index (χ3n) is 3.30. The number of aromatic hydroxyl groups is 1. The van der Waals surface area contributed by atoms with Crippen LogP contribution in [0, 0.1) is 0 Å². The Morgan fingerprint density at radius 1 is 1.11 bits per heavy atom. The zero-order valence-electron chi connectivity index (χ0n) is 10.1. The van der Waals surface area contributed by atoms with Crippen molar-refractivity contribution in [3.8, 4) is 11.5 Å². The molecule has 0 radical (unpaired) electrons. The fourth-order valence-electron chi connectivity index (χ4n) is 2.31. The summed E-state index contributed by atoms with van der Waals surface area (Å²) < 4.78 is 5.88. The van der Waals surface area contributed by atoms with Gasteiger partial charge in [0.25, 0.3) is 0 Å². The number of hydrogen-bond acceptors (Lipinski definition) is 3. The van der Waals surface area contributed by atoms with E-state index in [0.29, 0.717) is 17.2 Å². The van der Waals surface area contributed by atoms with Gasteiger partial charge in [-0.15, -0.1) is 0 Å². The molecule has 0 saturated carbocycles. The lowest BCUT2D eigenvalue weighted by Crippen LogP contribution is -2.18. The van der Waals surface area contributed by atoms with E-state index in [1.54, 1.807) is 42.5 Å². The van der Waals surface area contributed by atoms with Crippen molar-refractivity contribution in [2.24, 2.45) is 0 Å². The Morgan fingerprint density at radius 3 is 2.58 bits per heavy atom. The second kappa shape index (κ2) is 4.76. The van der Waals surface area contributed by atoms with Crippen molar-refractivity contribution in [1.82, 2.24) is 0 Å². The summed E-state index contributed by atoms with van der Waals surface area (Å²) in [4.78, 5) is 0. The Balaban J connectivity index is 1.92. The summed E-state index contributed by atoms with van der Waals surface area (Å²) in [6.07, 6.45) is -0.344. The van der Waals surface area contributed by atoms with Crippen molar-refractivity contribution in [3.05, 3.63) is 58.6 Å². The van der Waals surface area contributed by atoms with Gasteiger partial charge in [-0.2, -0.15) is 0 Å². The maximum Gasteiger partial charge on any atom is 0.127 e. The number of ether oxygens (including phenoxy) is 1. The normalized spacial score (nSPS) is 21.6.